The highest BCUT2D eigenvalue weighted by atomic mass is 16.4. The van der Waals surface area contributed by atoms with Crippen LogP contribution in [0.2, 0.25) is 0 Å². The maximum Gasteiger partial charge on any atom is 0.320 e. The monoisotopic (exact) mass is 145 g/mol. The van der Waals surface area contributed by atoms with Crippen LogP contribution in [-0.2, 0) is 4.79 Å². The van der Waals surface area contributed by atoms with Gasteiger partial charge in [0.2, 0.25) is 0 Å². The lowest BCUT2D eigenvalue weighted by Crippen LogP contribution is -2.29. The van der Waals surface area contributed by atoms with Crippen LogP contribution >= 0.6 is 0 Å². The van der Waals surface area contributed by atoms with Crippen molar-refractivity contribution >= 4 is 5.97 Å². The average molecular weight is 145 g/mol. The molecule has 0 amide bonds. The summed E-state index contributed by atoms with van der Waals surface area (Å²) in [4.78, 5) is 10.1. The molecule has 0 aliphatic rings. The predicted octanol–water partition coefficient (Wildman–Crippen LogP) is -0.473. The van der Waals surface area contributed by atoms with Crippen LogP contribution in [0.15, 0.2) is 0 Å². The molecule has 0 bridgehead atoms. The van der Waals surface area contributed by atoms with E-state index in [9.17, 15) is 4.79 Å². The van der Waals surface area contributed by atoms with E-state index < -0.39 is 12.0 Å². The Morgan fingerprint density at radius 3 is 2.50 bits per heavy atom. The lowest BCUT2D eigenvalue weighted by Gasteiger charge is -2.03. The first kappa shape index (κ1) is 9.39. The molecule has 0 rings (SSSR count). The Labute approximate surface area is 60.2 Å². The molecule has 0 aliphatic carbocycles. The fourth-order valence-corrected chi connectivity index (χ4v) is 0.632. The van der Waals surface area contributed by atoms with Gasteiger partial charge in [0.1, 0.15) is 6.04 Å². The van der Waals surface area contributed by atoms with Gasteiger partial charge in [-0.1, -0.05) is 6.42 Å². The highest BCUT2D eigenvalue weighted by Gasteiger charge is 2.09. The summed E-state index contributed by atoms with van der Waals surface area (Å²) in [5.41, 5.74) is 10.4. The van der Waals surface area contributed by atoms with Crippen molar-refractivity contribution in [3.8, 4) is 0 Å². The molecule has 4 heteroatoms. The highest BCUT2D eigenvalue weighted by Crippen LogP contribution is 1.96. The van der Waals surface area contributed by atoms with Crippen LogP contribution in [0, 0.1) is 0 Å². The lowest BCUT2D eigenvalue weighted by molar-refractivity contribution is -0.138. The minimum Gasteiger partial charge on any atom is -0.480 e. The Hall–Kier alpha value is -0.610. The number of unbranched alkanes of at least 4 members (excludes halogenated alkanes) is 1. The predicted molar refractivity (Wildman–Crippen MR) is 38.5 cm³/mol. The second kappa shape index (κ2) is 5.20. The van der Waals surface area contributed by atoms with E-state index in [0.29, 0.717) is 13.0 Å². The summed E-state index contributed by atoms with van der Waals surface area (Å²) in [6.45, 7) is 0.604. The number of carboxylic acid groups (broad SMARTS) is 1. The summed E-state index contributed by atoms with van der Waals surface area (Å²) < 4.78 is 0. The van der Waals surface area contributed by atoms with Crippen molar-refractivity contribution in [2.75, 3.05) is 6.54 Å². The van der Waals surface area contributed by atoms with Crippen molar-refractivity contribution in [3.63, 3.8) is 0 Å². The fraction of sp³-hybridized carbons (Fsp3) is 0.833. The van der Waals surface area contributed by atoms with Crippen LogP contribution in [0.1, 0.15) is 19.3 Å². The van der Waals surface area contributed by atoms with E-state index >= 15 is 0 Å². The number of hydrogen-bond acceptors (Lipinski definition) is 3. The third kappa shape index (κ3) is 4.29. The molecule has 0 saturated carbocycles. The molecule has 4 nitrogen and oxygen atoms in total. The van der Waals surface area contributed by atoms with Crippen LogP contribution < -0.4 is 11.5 Å². The zero-order chi connectivity index (χ0) is 7.98. The Morgan fingerprint density at radius 1 is 1.50 bits per heavy atom. The summed E-state index contributed by atoms with van der Waals surface area (Å²) in [6, 6.07) is -0.716. The highest BCUT2D eigenvalue weighted by molar-refractivity contribution is 5.72. The average Bonchev–Trinajstić information content (AvgIpc) is 1.88. The van der Waals surface area contributed by atoms with Crippen LogP contribution in [-0.4, -0.2) is 23.7 Å². The molecular formula is C6H14N2O2. The molecule has 60 valence electrons. The minimum absolute atomic E-state index is 0.520. The third-order valence-corrected chi connectivity index (χ3v) is 1.29. The van der Waals surface area contributed by atoms with Crippen molar-refractivity contribution in [3.05, 3.63) is 0 Å². The van der Waals surface area contributed by atoms with Crippen LogP contribution in [0.3, 0.4) is 0 Å². The van der Waals surface area contributed by atoms with Gasteiger partial charge in [-0.2, -0.15) is 0 Å². The summed E-state index contributed by atoms with van der Waals surface area (Å²) in [6.07, 6.45) is 2.16. The van der Waals surface area contributed by atoms with Gasteiger partial charge in [-0.3, -0.25) is 4.79 Å². The molecule has 0 heterocycles. The Morgan fingerprint density at radius 2 is 2.10 bits per heavy atom. The Balaban J connectivity index is 3.21. The summed E-state index contributed by atoms with van der Waals surface area (Å²) in [7, 11) is 0. The maximum atomic E-state index is 10.1. The van der Waals surface area contributed by atoms with Gasteiger partial charge in [-0.25, -0.2) is 0 Å². The molecule has 0 radical (unpaired) electrons. The van der Waals surface area contributed by atoms with Gasteiger partial charge in [0, 0.05) is 0 Å². The molecule has 10 heavy (non-hydrogen) atoms. The molecule has 0 aromatic rings. The number of carboxylic acids is 1. The normalized spacial score (nSPS) is 13.0. The quantitative estimate of drug-likeness (QED) is 0.456. The van der Waals surface area contributed by atoms with E-state index in [1.807, 2.05) is 0 Å². The van der Waals surface area contributed by atoms with E-state index in [-0.39, 0.29) is 0 Å². The van der Waals surface area contributed by atoms with E-state index in [1.54, 1.807) is 0 Å². The summed E-state index contributed by atoms with van der Waals surface area (Å²) >= 11 is 0. The first-order valence-electron chi connectivity index (χ1n) is 3.37. The number of nitrogens with two attached hydrogens (primary N) is 2. The van der Waals surface area contributed by atoms with E-state index in [0.717, 1.165) is 12.8 Å². The molecule has 0 unspecified atom stereocenters. The first-order valence-corrected chi connectivity index (χ1v) is 3.37. The molecule has 0 aromatic carbocycles. The van der Waals surface area contributed by atoms with Crippen molar-refractivity contribution in [1.29, 1.82) is 0 Å². The zero-order valence-electron chi connectivity index (χ0n) is 5.92. The van der Waals surface area contributed by atoms with Gasteiger partial charge in [0.15, 0.2) is 0 Å². The third-order valence-electron chi connectivity index (χ3n) is 1.29. The molecule has 0 fully saturated rings. The smallest absolute Gasteiger partial charge is 0.320 e. The number of carbonyl (C=O) groups is 1. The lowest BCUT2D eigenvalue weighted by atomic mass is 9.96. The SMILES string of the molecule is N[11CH2]CCC[C@H](N)C(=O)O. The van der Waals surface area contributed by atoms with Crippen LogP contribution in [0.5, 0.6) is 0 Å². The van der Waals surface area contributed by atoms with E-state index in [4.69, 9.17) is 16.6 Å². The topological polar surface area (TPSA) is 89.3 Å². The van der Waals surface area contributed by atoms with Crippen molar-refractivity contribution in [2.45, 2.75) is 25.3 Å². The minimum atomic E-state index is -0.933. The summed E-state index contributed by atoms with van der Waals surface area (Å²) in [5.74, 6) is -0.933. The molecular weight excluding hydrogens is 131 g/mol. The molecule has 0 saturated heterocycles. The van der Waals surface area contributed by atoms with Crippen molar-refractivity contribution in [1.82, 2.24) is 0 Å². The maximum absolute atomic E-state index is 10.1. The number of rotatable bonds is 5. The van der Waals surface area contributed by atoms with Gasteiger partial charge < -0.3 is 16.6 Å². The van der Waals surface area contributed by atoms with Crippen LogP contribution in [0.4, 0.5) is 0 Å². The first-order chi connectivity index (χ1) is 4.68. The molecule has 1 atom stereocenters. The number of aliphatic carboxylic acids is 1. The van der Waals surface area contributed by atoms with Gasteiger partial charge in [-0.05, 0) is 19.4 Å². The van der Waals surface area contributed by atoms with E-state index in [1.165, 1.54) is 0 Å². The van der Waals surface area contributed by atoms with Gasteiger partial charge >= 0.3 is 5.97 Å². The fourth-order valence-electron chi connectivity index (χ4n) is 0.632. The van der Waals surface area contributed by atoms with Gasteiger partial charge in [0.25, 0.3) is 0 Å². The van der Waals surface area contributed by atoms with Gasteiger partial charge in [0.05, 0.1) is 0 Å². The molecule has 0 aromatic heterocycles. The van der Waals surface area contributed by atoms with Crippen LogP contribution in [0.25, 0.3) is 0 Å². The van der Waals surface area contributed by atoms with Crippen molar-refractivity contribution in [2.24, 2.45) is 11.5 Å². The largest absolute Gasteiger partial charge is 0.480 e. The second-order valence-electron chi connectivity index (χ2n) is 2.23. The molecule has 5 N–H and O–H groups in total. The second-order valence-corrected chi connectivity index (χ2v) is 2.23. The molecule has 0 aliphatic heterocycles. The standard InChI is InChI=1S/C6H14N2O2/c7-4-2-1-3-5(8)6(9)10/h5H,1-4,7-8H2,(H,9,10)/t5-/m0/s1/i4-1. The van der Waals surface area contributed by atoms with Crippen molar-refractivity contribution < 1.29 is 9.90 Å². The summed E-state index contributed by atoms with van der Waals surface area (Å²) in [5, 5.41) is 8.33. The van der Waals surface area contributed by atoms with Gasteiger partial charge in [-0.15, -0.1) is 0 Å². The van der Waals surface area contributed by atoms with E-state index in [2.05, 4.69) is 0 Å². The Bertz CT molecular complexity index is 106. The zero-order valence-corrected chi connectivity index (χ0v) is 5.92. The number of hydrogen-bond donors (Lipinski definition) is 3. The molecule has 0 spiro atoms. The Kier molecular flexibility index (Phi) is 4.88.